The summed E-state index contributed by atoms with van der Waals surface area (Å²) in [6.45, 7) is 9.74. The van der Waals surface area contributed by atoms with Crippen molar-refractivity contribution in [3.63, 3.8) is 0 Å². The summed E-state index contributed by atoms with van der Waals surface area (Å²) in [5.41, 5.74) is 0. The number of nitrogens with zero attached hydrogens (tertiary/aromatic N) is 2. The van der Waals surface area contributed by atoms with E-state index in [9.17, 15) is 0 Å². The van der Waals surface area contributed by atoms with Crippen molar-refractivity contribution in [2.24, 2.45) is 0 Å². The van der Waals surface area contributed by atoms with Crippen LogP contribution < -0.4 is 5.32 Å². The molecule has 1 N–H and O–H groups in total. The van der Waals surface area contributed by atoms with Crippen LogP contribution in [0.4, 0.5) is 0 Å². The Morgan fingerprint density at radius 1 is 1.25 bits per heavy atom. The highest BCUT2D eigenvalue weighted by molar-refractivity contribution is 4.56. The predicted molar refractivity (Wildman–Crippen MR) is 54.1 cm³/mol. The molecule has 0 amide bonds. The molecule has 0 fully saturated rings. The predicted octanol–water partition coefficient (Wildman–Crippen LogP) is 0.783. The van der Waals surface area contributed by atoms with Gasteiger partial charge < -0.3 is 5.32 Å². The Labute approximate surface area is 76.7 Å². The molecule has 3 nitrogen and oxygen atoms in total. The Kier molecular flexibility index (Phi) is 6.34. The molecule has 0 atom stereocenters. The summed E-state index contributed by atoms with van der Waals surface area (Å²) in [6, 6.07) is 0.589. The molecule has 0 aromatic heterocycles. The van der Waals surface area contributed by atoms with E-state index in [2.05, 4.69) is 50.2 Å². The molecular formula is C9H23N3. The van der Waals surface area contributed by atoms with Crippen molar-refractivity contribution in [3.05, 3.63) is 0 Å². The molecule has 0 unspecified atom stereocenters. The van der Waals surface area contributed by atoms with Gasteiger partial charge >= 0.3 is 0 Å². The van der Waals surface area contributed by atoms with Crippen molar-refractivity contribution in [2.75, 3.05) is 33.7 Å². The normalized spacial score (nSPS) is 12.0. The summed E-state index contributed by atoms with van der Waals surface area (Å²) in [4.78, 5) is 0. The molecule has 74 valence electrons. The van der Waals surface area contributed by atoms with Crippen LogP contribution in [-0.2, 0) is 0 Å². The van der Waals surface area contributed by atoms with Crippen LogP contribution in [0, 0.1) is 0 Å². The van der Waals surface area contributed by atoms with E-state index in [1.807, 2.05) is 0 Å². The van der Waals surface area contributed by atoms with Crippen LogP contribution >= 0.6 is 0 Å². The smallest absolute Gasteiger partial charge is 0.0258 e. The fourth-order valence-electron chi connectivity index (χ4n) is 1.12. The minimum absolute atomic E-state index is 0.589. The fraction of sp³-hybridized carbons (Fsp3) is 1.00. The molecule has 0 aliphatic heterocycles. The van der Waals surface area contributed by atoms with Crippen LogP contribution in [-0.4, -0.2) is 49.8 Å². The van der Waals surface area contributed by atoms with Crippen LogP contribution in [0.2, 0.25) is 0 Å². The third-order valence-corrected chi connectivity index (χ3v) is 1.85. The zero-order valence-electron chi connectivity index (χ0n) is 9.09. The van der Waals surface area contributed by atoms with Crippen molar-refractivity contribution >= 4 is 0 Å². The third kappa shape index (κ3) is 5.52. The molecule has 0 heterocycles. The Morgan fingerprint density at radius 2 is 1.83 bits per heavy atom. The minimum Gasteiger partial charge on any atom is -0.313 e. The first-order valence-corrected chi connectivity index (χ1v) is 4.73. The average Bonchev–Trinajstić information content (AvgIpc) is 1.96. The Hall–Kier alpha value is -0.120. The monoisotopic (exact) mass is 173 g/mol. The zero-order chi connectivity index (χ0) is 9.56. The summed E-state index contributed by atoms with van der Waals surface area (Å²) in [6.07, 6.45) is 0. The maximum atomic E-state index is 3.40. The van der Waals surface area contributed by atoms with Gasteiger partial charge in [0, 0.05) is 39.8 Å². The van der Waals surface area contributed by atoms with E-state index < -0.39 is 0 Å². The maximum Gasteiger partial charge on any atom is 0.0258 e. The fourth-order valence-corrected chi connectivity index (χ4v) is 1.12. The van der Waals surface area contributed by atoms with E-state index in [0.717, 1.165) is 19.6 Å². The Morgan fingerprint density at radius 3 is 2.17 bits per heavy atom. The van der Waals surface area contributed by atoms with E-state index in [1.165, 1.54) is 0 Å². The van der Waals surface area contributed by atoms with E-state index in [1.54, 1.807) is 0 Å². The summed E-state index contributed by atoms with van der Waals surface area (Å²) in [5.74, 6) is 0. The lowest BCUT2D eigenvalue weighted by Gasteiger charge is -2.27. The van der Waals surface area contributed by atoms with E-state index in [-0.39, 0.29) is 0 Å². The standard InChI is InChI=1S/C9H23N3/c1-6-12(11(4)5)8-7-10-9(2)3/h9-10H,6-8H2,1-5H3. The van der Waals surface area contributed by atoms with Gasteiger partial charge in [-0.15, -0.1) is 0 Å². The highest BCUT2D eigenvalue weighted by Gasteiger charge is 2.03. The van der Waals surface area contributed by atoms with Gasteiger partial charge in [-0.3, -0.25) is 0 Å². The Bertz CT molecular complexity index is 102. The molecule has 0 aromatic carbocycles. The summed E-state index contributed by atoms with van der Waals surface area (Å²) < 4.78 is 0. The average molecular weight is 173 g/mol. The lowest BCUT2D eigenvalue weighted by Crippen LogP contribution is -2.42. The molecule has 0 aromatic rings. The third-order valence-electron chi connectivity index (χ3n) is 1.85. The number of hydrogen-bond acceptors (Lipinski definition) is 3. The molecule has 0 rings (SSSR count). The van der Waals surface area contributed by atoms with Crippen LogP contribution in [0.1, 0.15) is 20.8 Å². The Balaban J connectivity index is 3.45. The first-order chi connectivity index (χ1) is 5.57. The molecule has 0 radical (unpaired) electrons. The molecule has 0 spiro atoms. The van der Waals surface area contributed by atoms with Crippen molar-refractivity contribution in [2.45, 2.75) is 26.8 Å². The molecule has 0 saturated heterocycles. The zero-order valence-corrected chi connectivity index (χ0v) is 9.09. The van der Waals surface area contributed by atoms with Gasteiger partial charge in [-0.25, -0.2) is 10.0 Å². The van der Waals surface area contributed by atoms with Gasteiger partial charge in [0.05, 0.1) is 0 Å². The van der Waals surface area contributed by atoms with Gasteiger partial charge in [0.25, 0.3) is 0 Å². The second-order valence-electron chi connectivity index (χ2n) is 3.50. The van der Waals surface area contributed by atoms with Gasteiger partial charge in [-0.1, -0.05) is 20.8 Å². The minimum atomic E-state index is 0.589. The van der Waals surface area contributed by atoms with Crippen molar-refractivity contribution < 1.29 is 0 Å². The topological polar surface area (TPSA) is 18.5 Å². The van der Waals surface area contributed by atoms with Crippen LogP contribution in [0.5, 0.6) is 0 Å². The molecule has 0 aliphatic carbocycles. The van der Waals surface area contributed by atoms with Crippen molar-refractivity contribution in [1.29, 1.82) is 0 Å². The summed E-state index contributed by atoms with van der Waals surface area (Å²) in [5, 5.41) is 7.84. The maximum absolute atomic E-state index is 3.40. The van der Waals surface area contributed by atoms with E-state index in [0.29, 0.717) is 6.04 Å². The lowest BCUT2D eigenvalue weighted by molar-refractivity contribution is 0.0319. The first-order valence-electron chi connectivity index (χ1n) is 4.73. The van der Waals surface area contributed by atoms with Crippen LogP contribution in [0.25, 0.3) is 0 Å². The van der Waals surface area contributed by atoms with Gasteiger partial charge in [-0.05, 0) is 0 Å². The van der Waals surface area contributed by atoms with Crippen molar-refractivity contribution in [3.8, 4) is 0 Å². The lowest BCUT2D eigenvalue weighted by atomic mass is 10.4. The van der Waals surface area contributed by atoms with Crippen LogP contribution in [0.15, 0.2) is 0 Å². The van der Waals surface area contributed by atoms with Gasteiger partial charge in [0.15, 0.2) is 0 Å². The number of rotatable bonds is 6. The van der Waals surface area contributed by atoms with Gasteiger partial charge in [0.1, 0.15) is 0 Å². The summed E-state index contributed by atoms with van der Waals surface area (Å²) in [7, 11) is 4.16. The quantitative estimate of drug-likeness (QED) is 0.599. The molecule has 3 heteroatoms. The largest absolute Gasteiger partial charge is 0.313 e. The molecule has 0 bridgehead atoms. The molecule has 12 heavy (non-hydrogen) atoms. The molecule has 0 saturated carbocycles. The number of nitrogens with one attached hydrogen (secondary N) is 1. The second kappa shape index (κ2) is 6.40. The molecule has 0 aliphatic rings. The van der Waals surface area contributed by atoms with E-state index >= 15 is 0 Å². The second-order valence-corrected chi connectivity index (χ2v) is 3.50. The first kappa shape index (κ1) is 11.9. The number of hydrogen-bond donors (Lipinski definition) is 1. The SMILES string of the molecule is CCN(CCNC(C)C)N(C)C. The number of likely N-dealkylation sites (N-methyl/N-ethyl adjacent to an activating group) is 1. The van der Waals surface area contributed by atoms with Crippen molar-refractivity contribution in [1.82, 2.24) is 15.3 Å². The van der Waals surface area contributed by atoms with Gasteiger partial charge in [-0.2, -0.15) is 0 Å². The van der Waals surface area contributed by atoms with Gasteiger partial charge in [0.2, 0.25) is 0 Å². The van der Waals surface area contributed by atoms with Crippen LogP contribution in [0.3, 0.4) is 0 Å². The summed E-state index contributed by atoms with van der Waals surface area (Å²) >= 11 is 0. The highest BCUT2D eigenvalue weighted by atomic mass is 15.6. The molecular weight excluding hydrogens is 150 g/mol. The van der Waals surface area contributed by atoms with E-state index in [4.69, 9.17) is 0 Å². The highest BCUT2D eigenvalue weighted by Crippen LogP contribution is 1.89. The number of hydrazine groups is 1.